The first-order valence-electron chi connectivity index (χ1n) is 10.7. The summed E-state index contributed by atoms with van der Waals surface area (Å²) in [4.78, 5) is 2.70. The highest BCUT2D eigenvalue weighted by Crippen LogP contribution is 2.28. The summed E-state index contributed by atoms with van der Waals surface area (Å²) < 4.78 is 24.1. The largest absolute Gasteiger partial charge is 0.475 e. The van der Waals surface area contributed by atoms with Gasteiger partial charge in [-0.1, -0.05) is 19.3 Å². The first-order valence-corrected chi connectivity index (χ1v) is 10.7. The van der Waals surface area contributed by atoms with Crippen molar-refractivity contribution in [2.75, 3.05) is 26.2 Å². The van der Waals surface area contributed by atoms with Crippen molar-refractivity contribution in [3.05, 3.63) is 24.0 Å². The molecule has 1 aliphatic carbocycles. The Morgan fingerprint density at radius 3 is 2.70 bits per heavy atom. The molecule has 0 bridgehead atoms. The summed E-state index contributed by atoms with van der Waals surface area (Å²) in [6, 6.07) is 4.42. The van der Waals surface area contributed by atoms with E-state index in [0.717, 1.165) is 23.6 Å². The standard InChI is InChI=1S/C22H31FN2O2/c23-19-8-9-20-21(15-19)27-24-22(20)26-14-4-7-17-10-12-25(13-11-17)16-18-5-2-1-3-6-18/h8-9,15,17-18H,1-7,10-14,16H2. The maximum atomic E-state index is 13.2. The van der Waals surface area contributed by atoms with Gasteiger partial charge in [0.05, 0.1) is 12.0 Å². The average Bonchev–Trinajstić information content (AvgIpc) is 3.09. The van der Waals surface area contributed by atoms with Crippen LogP contribution in [0.4, 0.5) is 4.39 Å². The summed E-state index contributed by atoms with van der Waals surface area (Å²) in [7, 11) is 0. The van der Waals surface area contributed by atoms with Crippen LogP contribution in [-0.4, -0.2) is 36.3 Å². The lowest BCUT2D eigenvalue weighted by molar-refractivity contribution is 0.138. The molecule has 4 nitrogen and oxygen atoms in total. The quantitative estimate of drug-likeness (QED) is 0.607. The van der Waals surface area contributed by atoms with Gasteiger partial charge in [-0.15, -0.1) is 0 Å². The summed E-state index contributed by atoms with van der Waals surface area (Å²) in [6.07, 6.45) is 12.1. The number of fused-ring (bicyclic) bond motifs is 1. The summed E-state index contributed by atoms with van der Waals surface area (Å²) in [5.74, 6) is 1.93. The molecule has 1 saturated carbocycles. The van der Waals surface area contributed by atoms with Gasteiger partial charge < -0.3 is 14.2 Å². The lowest BCUT2D eigenvalue weighted by atomic mass is 9.87. The number of ether oxygens (including phenoxy) is 1. The molecule has 2 aromatic rings. The first-order chi connectivity index (χ1) is 13.3. The maximum Gasteiger partial charge on any atom is 0.262 e. The van der Waals surface area contributed by atoms with Gasteiger partial charge in [0.25, 0.3) is 5.88 Å². The fourth-order valence-corrected chi connectivity index (χ4v) is 4.73. The van der Waals surface area contributed by atoms with E-state index in [-0.39, 0.29) is 5.82 Å². The molecule has 0 atom stereocenters. The van der Waals surface area contributed by atoms with E-state index < -0.39 is 0 Å². The molecule has 5 heteroatoms. The fraction of sp³-hybridized carbons (Fsp3) is 0.682. The van der Waals surface area contributed by atoms with E-state index in [0.29, 0.717) is 18.1 Å². The van der Waals surface area contributed by atoms with Crippen molar-refractivity contribution in [3.63, 3.8) is 0 Å². The number of halogens is 1. The second kappa shape index (κ2) is 9.05. The molecule has 1 aliphatic heterocycles. The van der Waals surface area contributed by atoms with E-state index in [9.17, 15) is 4.39 Å². The SMILES string of the molecule is Fc1ccc2c(OCCCC3CCN(CC4CCCCC4)CC3)noc2c1. The van der Waals surface area contributed by atoms with Crippen LogP contribution in [0.5, 0.6) is 5.88 Å². The van der Waals surface area contributed by atoms with Crippen LogP contribution in [0.1, 0.15) is 57.8 Å². The van der Waals surface area contributed by atoms with Gasteiger partial charge in [-0.2, -0.15) is 0 Å². The molecule has 1 saturated heterocycles. The molecule has 4 rings (SSSR count). The van der Waals surface area contributed by atoms with Crippen LogP contribution < -0.4 is 4.74 Å². The average molecular weight is 375 g/mol. The van der Waals surface area contributed by atoms with Crippen LogP contribution in [0, 0.1) is 17.7 Å². The van der Waals surface area contributed by atoms with E-state index in [2.05, 4.69) is 10.1 Å². The van der Waals surface area contributed by atoms with Crippen molar-refractivity contribution in [1.29, 1.82) is 0 Å². The summed E-state index contributed by atoms with van der Waals surface area (Å²) >= 11 is 0. The lowest BCUT2D eigenvalue weighted by Gasteiger charge is -2.35. The minimum absolute atomic E-state index is 0.319. The number of aromatic nitrogens is 1. The predicted molar refractivity (Wildman–Crippen MR) is 104 cm³/mol. The second-order valence-electron chi connectivity index (χ2n) is 8.37. The molecule has 2 fully saturated rings. The number of likely N-dealkylation sites (tertiary alicyclic amines) is 1. The highest BCUT2D eigenvalue weighted by atomic mass is 19.1. The molecule has 1 aromatic carbocycles. The molecule has 0 radical (unpaired) electrons. The number of hydrogen-bond acceptors (Lipinski definition) is 4. The molecule has 2 aliphatic rings. The van der Waals surface area contributed by atoms with Crippen molar-refractivity contribution in [3.8, 4) is 5.88 Å². The van der Waals surface area contributed by atoms with Crippen molar-refractivity contribution < 1.29 is 13.7 Å². The Hall–Kier alpha value is -1.62. The molecule has 27 heavy (non-hydrogen) atoms. The number of benzene rings is 1. The van der Waals surface area contributed by atoms with E-state index in [1.165, 1.54) is 83.1 Å². The van der Waals surface area contributed by atoms with Crippen LogP contribution >= 0.6 is 0 Å². The molecule has 0 unspecified atom stereocenters. The fourth-order valence-electron chi connectivity index (χ4n) is 4.73. The third-order valence-electron chi connectivity index (χ3n) is 6.34. The summed E-state index contributed by atoms with van der Waals surface area (Å²) in [5, 5.41) is 4.66. The Morgan fingerprint density at radius 2 is 1.89 bits per heavy atom. The van der Waals surface area contributed by atoms with Gasteiger partial charge in [-0.05, 0) is 80.7 Å². The Labute approximate surface area is 161 Å². The topological polar surface area (TPSA) is 38.5 Å². The van der Waals surface area contributed by atoms with E-state index in [1.54, 1.807) is 6.07 Å². The van der Waals surface area contributed by atoms with Crippen LogP contribution in [0.15, 0.2) is 22.7 Å². The minimum atomic E-state index is -0.319. The van der Waals surface area contributed by atoms with Gasteiger partial charge in [0.2, 0.25) is 0 Å². The van der Waals surface area contributed by atoms with Crippen molar-refractivity contribution in [2.45, 2.75) is 57.8 Å². The lowest BCUT2D eigenvalue weighted by Crippen LogP contribution is -2.37. The van der Waals surface area contributed by atoms with Gasteiger partial charge in [-0.3, -0.25) is 0 Å². The first kappa shape index (κ1) is 18.7. The molecular formula is C22H31FN2O2. The van der Waals surface area contributed by atoms with Crippen molar-refractivity contribution >= 4 is 11.0 Å². The second-order valence-corrected chi connectivity index (χ2v) is 8.37. The highest BCUT2D eigenvalue weighted by molar-refractivity contribution is 5.81. The summed E-state index contributed by atoms with van der Waals surface area (Å²) in [5.41, 5.74) is 0.440. The Kier molecular flexibility index (Phi) is 6.28. The molecule has 2 heterocycles. The molecule has 148 valence electrons. The Bertz CT molecular complexity index is 718. The third kappa shape index (κ3) is 5.01. The highest BCUT2D eigenvalue weighted by Gasteiger charge is 2.22. The van der Waals surface area contributed by atoms with Crippen LogP contribution in [0.3, 0.4) is 0 Å². The molecule has 0 N–H and O–H groups in total. The Morgan fingerprint density at radius 1 is 1.07 bits per heavy atom. The van der Waals surface area contributed by atoms with E-state index >= 15 is 0 Å². The predicted octanol–water partition coefficient (Wildman–Crippen LogP) is 5.42. The van der Waals surface area contributed by atoms with Gasteiger partial charge in [0.1, 0.15) is 5.82 Å². The van der Waals surface area contributed by atoms with Crippen molar-refractivity contribution in [2.24, 2.45) is 11.8 Å². The zero-order valence-electron chi connectivity index (χ0n) is 16.2. The zero-order valence-corrected chi connectivity index (χ0v) is 16.2. The smallest absolute Gasteiger partial charge is 0.262 e. The maximum absolute atomic E-state index is 13.2. The van der Waals surface area contributed by atoms with Gasteiger partial charge >= 0.3 is 0 Å². The number of hydrogen-bond donors (Lipinski definition) is 0. The normalized spacial score (nSPS) is 20.3. The van der Waals surface area contributed by atoms with Gasteiger partial charge in [-0.25, -0.2) is 4.39 Å². The van der Waals surface area contributed by atoms with Crippen molar-refractivity contribution in [1.82, 2.24) is 10.1 Å². The molecule has 1 aromatic heterocycles. The van der Waals surface area contributed by atoms with Crippen LogP contribution in [0.25, 0.3) is 11.0 Å². The van der Waals surface area contributed by atoms with E-state index in [1.807, 2.05) is 0 Å². The molecular weight excluding hydrogens is 343 g/mol. The Balaban J connectivity index is 1.14. The third-order valence-corrected chi connectivity index (χ3v) is 6.34. The molecule has 0 amide bonds. The number of rotatable bonds is 7. The minimum Gasteiger partial charge on any atom is -0.475 e. The van der Waals surface area contributed by atoms with Crippen LogP contribution in [0.2, 0.25) is 0 Å². The zero-order chi connectivity index (χ0) is 18.5. The van der Waals surface area contributed by atoms with Gasteiger partial charge in [0, 0.05) is 12.6 Å². The monoisotopic (exact) mass is 374 g/mol. The van der Waals surface area contributed by atoms with Gasteiger partial charge in [0.15, 0.2) is 5.58 Å². The van der Waals surface area contributed by atoms with Crippen LogP contribution in [-0.2, 0) is 0 Å². The number of piperidine rings is 1. The summed E-state index contributed by atoms with van der Waals surface area (Å²) in [6.45, 7) is 4.50. The van der Waals surface area contributed by atoms with E-state index in [4.69, 9.17) is 9.26 Å². The number of nitrogens with zero attached hydrogens (tertiary/aromatic N) is 2. The molecule has 0 spiro atoms.